The average Bonchev–Trinajstić information content (AvgIpc) is 3.16. The lowest BCUT2D eigenvalue weighted by molar-refractivity contribution is 0.252. The summed E-state index contributed by atoms with van der Waals surface area (Å²) in [5.74, 6) is 0.919. The normalized spacial score (nSPS) is 10.7. The first-order valence-corrected chi connectivity index (χ1v) is 9.18. The number of nitrogens with zero attached hydrogens (tertiary/aromatic N) is 3. The molecule has 146 valence electrons. The number of imidazole rings is 1. The number of urea groups is 1. The molecule has 4 rings (SSSR count). The van der Waals surface area contributed by atoms with E-state index in [1.165, 1.54) is 0 Å². The molecule has 29 heavy (non-hydrogen) atoms. The Bertz CT molecular complexity index is 1140. The van der Waals surface area contributed by atoms with Gasteiger partial charge in [0.2, 0.25) is 11.8 Å². The van der Waals surface area contributed by atoms with Crippen molar-refractivity contribution in [2.75, 3.05) is 19.0 Å². The van der Waals surface area contributed by atoms with Crippen molar-refractivity contribution in [1.82, 2.24) is 25.3 Å². The summed E-state index contributed by atoms with van der Waals surface area (Å²) in [6, 6.07) is 13.2. The maximum Gasteiger partial charge on any atom is 0.321 e. The van der Waals surface area contributed by atoms with Crippen LogP contribution in [0.2, 0.25) is 0 Å². The Balaban J connectivity index is 1.84. The van der Waals surface area contributed by atoms with Gasteiger partial charge in [-0.15, -0.1) is 0 Å². The van der Waals surface area contributed by atoms with Crippen molar-refractivity contribution in [3.8, 4) is 28.3 Å². The van der Waals surface area contributed by atoms with Gasteiger partial charge in [0.15, 0.2) is 0 Å². The Hall–Kier alpha value is -3.94. The quantitative estimate of drug-likeness (QED) is 0.482. The number of H-pyrrole nitrogens is 1. The minimum atomic E-state index is -0.314. The van der Waals surface area contributed by atoms with Gasteiger partial charge in [-0.2, -0.15) is 0 Å². The first-order valence-electron chi connectivity index (χ1n) is 9.18. The summed E-state index contributed by atoms with van der Waals surface area (Å²) < 4.78 is 5.15. The Labute approximate surface area is 167 Å². The Kier molecular flexibility index (Phi) is 5.07. The van der Waals surface area contributed by atoms with Crippen LogP contribution in [0.5, 0.6) is 5.88 Å². The van der Waals surface area contributed by atoms with Gasteiger partial charge in [-0.05, 0) is 42.8 Å². The van der Waals surface area contributed by atoms with Crippen molar-refractivity contribution in [3.05, 3.63) is 54.9 Å². The molecule has 8 nitrogen and oxygen atoms in total. The largest absolute Gasteiger partial charge is 0.481 e. The van der Waals surface area contributed by atoms with Crippen LogP contribution in [-0.4, -0.2) is 39.6 Å². The van der Waals surface area contributed by atoms with E-state index in [0.717, 1.165) is 33.4 Å². The lowest BCUT2D eigenvalue weighted by Gasteiger charge is -2.07. The number of aromatic nitrogens is 4. The number of carbonyl (C=O) groups is 1. The van der Waals surface area contributed by atoms with Crippen LogP contribution in [0.4, 0.5) is 10.7 Å². The number of carbonyl (C=O) groups excluding carboxylic acids is 1. The van der Waals surface area contributed by atoms with Gasteiger partial charge in [0, 0.05) is 36.1 Å². The van der Waals surface area contributed by atoms with Gasteiger partial charge in [0.25, 0.3) is 0 Å². The monoisotopic (exact) mass is 388 g/mol. The van der Waals surface area contributed by atoms with Crippen molar-refractivity contribution < 1.29 is 9.53 Å². The Morgan fingerprint density at radius 2 is 2.03 bits per heavy atom. The van der Waals surface area contributed by atoms with Gasteiger partial charge < -0.3 is 15.0 Å². The second-order valence-corrected chi connectivity index (χ2v) is 6.29. The van der Waals surface area contributed by atoms with Gasteiger partial charge in [-0.25, -0.2) is 14.8 Å². The molecule has 0 unspecified atom stereocenters. The summed E-state index contributed by atoms with van der Waals surface area (Å²) in [6.45, 7) is 2.38. The van der Waals surface area contributed by atoms with Gasteiger partial charge in [0.1, 0.15) is 0 Å². The van der Waals surface area contributed by atoms with E-state index in [0.29, 0.717) is 18.4 Å². The molecule has 2 amide bonds. The second kappa shape index (κ2) is 7.97. The number of ether oxygens (including phenoxy) is 1. The topological polar surface area (TPSA) is 105 Å². The zero-order chi connectivity index (χ0) is 20.2. The van der Waals surface area contributed by atoms with E-state index >= 15 is 0 Å². The third-order valence-electron chi connectivity index (χ3n) is 4.38. The summed E-state index contributed by atoms with van der Waals surface area (Å²) in [5, 5.41) is 5.41. The third-order valence-corrected chi connectivity index (χ3v) is 4.38. The predicted molar refractivity (Wildman–Crippen MR) is 112 cm³/mol. The van der Waals surface area contributed by atoms with Crippen molar-refractivity contribution in [2.45, 2.75) is 6.92 Å². The summed E-state index contributed by atoms with van der Waals surface area (Å²) in [6.07, 6.45) is 3.50. The van der Waals surface area contributed by atoms with Gasteiger partial charge in [-0.3, -0.25) is 10.3 Å². The fraction of sp³-hybridized carbons (Fsp3) is 0.143. The Morgan fingerprint density at radius 1 is 1.14 bits per heavy atom. The molecule has 0 saturated carbocycles. The number of hydrogen-bond donors (Lipinski definition) is 3. The van der Waals surface area contributed by atoms with E-state index in [4.69, 9.17) is 4.74 Å². The lowest BCUT2D eigenvalue weighted by Crippen LogP contribution is -2.28. The molecule has 0 aliphatic heterocycles. The van der Waals surface area contributed by atoms with Crippen molar-refractivity contribution in [2.24, 2.45) is 0 Å². The number of aromatic amines is 1. The highest BCUT2D eigenvalue weighted by atomic mass is 16.5. The van der Waals surface area contributed by atoms with Gasteiger partial charge in [0.05, 0.1) is 23.8 Å². The van der Waals surface area contributed by atoms with Crippen molar-refractivity contribution in [1.29, 1.82) is 0 Å². The van der Waals surface area contributed by atoms with Crippen LogP contribution < -0.4 is 15.4 Å². The highest BCUT2D eigenvalue weighted by Crippen LogP contribution is 2.33. The smallest absolute Gasteiger partial charge is 0.321 e. The number of amides is 2. The zero-order valence-corrected chi connectivity index (χ0v) is 16.1. The van der Waals surface area contributed by atoms with E-state index in [2.05, 4.69) is 30.6 Å². The number of nitrogens with one attached hydrogen (secondary N) is 3. The molecule has 3 aromatic heterocycles. The fourth-order valence-electron chi connectivity index (χ4n) is 3.04. The summed E-state index contributed by atoms with van der Waals surface area (Å²) in [4.78, 5) is 28.4. The molecule has 0 atom stereocenters. The molecular weight excluding hydrogens is 368 g/mol. The molecular formula is C21H20N6O2. The molecule has 1 aromatic carbocycles. The molecule has 8 heteroatoms. The van der Waals surface area contributed by atoms with E-state index in [1.54, 1.807) is 19.5 Å². The SMILES string of the molecule is CCNC(=O)Nc1nc2c(-c3ccccn3)cc(-c3ccc(OC)nc3)cc2[nH]1. The minimum Gasteiger partial charge on any atom is -0.481 e. The molecule has 0 spiro atoms. The van der Waals surface area contributed by atoms with Crippen LogP contribution in [0.3, 0.4) is 0 Å². The van der Waals surface area contributed by atoms with E-state index in [-0.39, 0.29) is 6.03 Å². The second-order valence-electron chi connectivity index (χ2n) is 6.29. The number of anilines is 1. The summed E-state index contributed by atoms with van der Waals surface area (Å²) in [5.41, 5.74) is 5.02. The first kappa shape index (κ1) is 18.4. The highest BCUT2D eigenvalue weighted by Gasteiger charge is 2.14. The number of benzene rings is 1. The highest BCUT2D eigenvalue weighted by molar-refractivity contribution is 5.97. The third kappa shape index (κ3) is 3.86. The molecule has 0 aliphatic rings. The number of rotatable bonds is 5. The lowest BCUT2D eigenvalue weighted by atomic mass is 10.0. The van der Waals surface area contributed by atoms with Crippen LogP contribution in [0.15, 0.2) is 54.9 Å². The predicted octanol–water partition coefficient (Wildman–Crippen LogP) is 3.84. The van der Waals surface area contributed by atoms with E-state index in [1.807, 2.05) is 49.4 Å². The number of pyridine rings is 2. The molecule has 3 heterocycles. The average molecular weight is 388 g/mol. The standard InChI is InChI=1S/C21H20N6O2/c1-3-22-21(28)27-20-25-17-11-14(13-7-8-18(29-2)24-12-13)10-15(19(17)26-20)16-6-4-5-9-23-16/h4-12H,3H2,1-2H3,(H3,22,25,26,27,28). The van der Waals surface area contributed by atoms with E-state index < -0.39 is 0 Å². The maximum absolute atomic E-state index is 11.9. The molecule has 0 bridgehead atoms. The maximum atomic E-state index is 11.9. The van der Waals surface area contributed by atoms with Crippen LogP contribution in [0.1, 0.15) is 6.92 Å². The Morgan fingerprint density at radius 3 is 2.72 bits per heavy atom. The van der Waals surface area contributed by atoms with Crippen molar-refractivity contribution in [3.63, 3.8) is 0 Å². The first-order chi connectivity index (χ1) is 14.2. The number of methoxy groups -OCH3 is 1. The molecule has 0 radical (unpaired) electrons. The van der Waals surface area contributed by atoms with Crippen molar-refractivity contribution >= 4 is 23.0 Å². The summed E-state index contributed by atoms with van der Waals surface area (Å²) >= 11 is 0. The number of fused-ring (bicyclic) bond motifs is 1. The van der Waals surface area contributed by atoms with Crippen LogP contribution in [-0.2, 0) is 0 Å². The molecule has 3 N–H and O–H groups in total. The fourth-order valence-corrected chi connectivity index (χ4v) is 3.04. The molecule has 0 saturated heterocycles. The molecule has 4 aromatic rings. The van der Waals surface area contributed by atoms with Crippen LogP contribution in [0.25, 0.3) is 33.4 Å². The molecule has 0 fully saturated rings. The van der Waals surface area contributed by atoms with Gasteiger partial charge in [-0.1, -0.05) is 6.07 Å². The number of hydrogen-bond acceptors (Lipinski definition) is 5. The molecule has 0 aliphatic carbocycles. The van der Waals surface area contributed by atoms with E-state index in [9.17, 15) is 4.79 Å². The zero-order valence-electron chi connectivity index (χ0n) is 16.1. The van der Waals surface area contributed by atoms with Crippen LogP contribution in [0, 0.1) is 0 Å². The van der Waals surface area contributed by atoms with Crippen LogP contribution >= 0.6 is 0 Å². The minimum absolute atomic E-state index is 0.314. The summed E-state index contributed by atoms with van der Waals surface area (Å²) in [7, 11) is 1.58. The van der Waals surface area contributed by atoms with Gasteiger partial charge >= 0.3 is 6.03 Å².